The molecule has 12 aromatic rings. The molecule has 4 aromatic heterocycles. The minimum absolute atomic E-state index is 0.896. The molecule has 80 heavy (non-hydrogen) atoms. The highest BCUT2D eigenvalue weighted by Gasteiger charge is 2.29. The van der Waals surface area contributed by atoms with Crippen molar-refractivity contribution >= 4 is 92.3 Å². The Labute approximate surface area is 473 Å². The largest absolute Gasteiger partial charge is 0.294 e. The molecular formula is C70H48N8S2. The van der Waals surface area contributed by atoms with E-state index in [9.17, 15) is 0 Å². The van der Waals surface area contributed by atoms with Gasteiger partial charge in [-0.1, -0.05) is 145 Å². The molecule has 4 aliphatic rings. The number of fused-ring (bicyclic) bond motifs is 8. The van der Waals surface area contributed by atoms with Gasteiger partial charge in [0.2, 0.25) is 0 Å². The normalized spacial score (nSPS) is 13.2. The third kappa shape index (κ3) is 8.53. The third-order valence-corrected chi connectivity index (χ3v) is 17.4. The first-order valence-electron chi connectivity index (χ1n) is 26.8. The molecule has 8 nitrogen and oxygen atoms in total. The summed E-state index contributed by atoms with van der Waals surface area (Å²) in [6, 6.07) is 85.4. The zero-order valence-electron chi connectivity index (χ0n) is 43.2. The van der Waals surface area contributed by atoms with Gasteiger partial charge in [0.05, 0.1) is 45.5 Å². The lowest BCUT2D eigenvalue weighted by Crippen LogP contribution is -2.19. The fraction of sp³-hybridized carbons (Fsp3) is 0.0286. The zero-order chi connectivity index (χ0) is 52.9. The van der Waals surface area contributed by atoms with Crippen LogP contribution in [0.25, 0.3) is 22.3 Å². The second-order valence-electron chi connectivity index (χ2n) is 19.9. The van der Waals surface area contributed by atoms with E-state index in [0.717, 1.165) is 81.1 Å². The van der Waals surface area contributed by atoms with E-state index in [1.165, 1.54) is 64.6 Å². The molecule has 8 aromatic carbocycles. The molecule has 0 spiro atoms. The molecule has 0 bridgehead atoms. The van der Waals surface area contributed by atoms with E-state index in [1.54, 1.807) is 23.5 Å². The van der Waals surface area contributed by atoms with Crippen molar-refractivity contribution in [3.05, 3.63) is 290 Å². The molecule has 0 fully saturated rings. The summed E-state index contributed by atoms with van der Waals surface area (Å²) in [6.07, 6.45) is 9.67. The predicted octanol–water partition coefficient (Wildman–Crippen LogP) is 18.9. The van der Waals surface area contributed by atoms with Crippen molar-refractivity contribution in [2.75, 3.05) is 19.6 Å². The van der Waals surface area contributed by atoms with Crippen LogP contribution in [-0.2, 0) is 12.8 Å². The monoisotopic (exact) mass is 1060 g/mol. The van der Waals surface area contributed by atoms with Crippen LogP contribution in [0.2, 0.25) is 0 Å². The average molecular weight is 1070 g/mol. The lowest BCUT2D eigenvalue weighted by Gasteiger charge is -2.32. The van der Waals surface area contributed by atoms with Crippen LogP contribution >= 0.6 is 23.5 Å². The topological polar surface area (TPSA) is 64.5 Å². The van der Waals surface area contributed by atoms with Crippen molar-refractivity contribution in [3.63, 3.8) is 0 Å². The van der Waals surface area contributed by atoms with Crippen LogP contribution in [0.5, 0.6) is 0 Å². The SMILES string of the molecule is c1ccc2c(c1)Cc1ccccc1N2c1ccc(-c2ccc(N3c4ccccc4Cc4ccccc43)nc2)cn1.c1ccc2c(c1)Sc1ccccc1N2c1ccc(-c2ccc(N3c4ccccc4Sc4ccccc43)nc2)cn1. The summed E-state index contributed by atoms with van der Waals surface area (Å²) < 4.78 is 0. The molecule has 0 radical (unpaired) electrons. The smallest absolute Gasteiger partial charge is 0.137 e. The van der Waals surface area contributed by atoms with Crippen molar-refractivity contribution in [3.8, 4) is 22.3 Å². The van der Waals surface area contributed by atoms with Gasteiger partial charge in [-0.05, 0) is 144 Å². The molecule has 0 N–H and O–H groups in total. The van der Waals surface area contributed by atoms with E-state index in [-0.39, 0.29) is 0 Å². The van der Waals surface area contributed by atoms with Gasteiger partial charge in [-0.3, -0.25) is 19.6 Å². The number of anilines is 12. The van der Waals surface area contributed by atoms with E-state index in [0.29, 0.717) is 0 Å². The molecule has 16 rings (SSSR count). The van der Waals surface area contributed by atoms with Gasteiger partial charge in [0.25, 0.3) is 0 Å². The molecule has 0 saturated heterocycles. The Kier molecular flexibility index (Phi) is 12.0. The number of nitrogens with zero attached hydrogens (tertiary/aromatic N) is 8. The van der Waals surface area contributed by atoms with Crippen LogP contribution in [-0.4, -0.2) is 19.9 Å². The fourth-order valence-corrected chi connectivity index (χ4v) is 13.5. The van der Waals surface area contributed by atoms with Crippen molar-refractivity contribution in [1.82, 2.24) is 19.9 Å². The van der Waals surface area contributed by atoms with E-state index >= 15 is 0 Å². The number of benzene rings is 8. The van der Waals surface area contributed by atoms with Crippen molar-refractivity contribution in [2.45, 2.75) is 32.4 Å². The quantitative estimate of drug-likeness (QED) is 0.161. The average Bonchev–Trinajstić information content (AvgIpc) is 3.65. The maximum Gasteiger partial charge on any atom is 0.137 e. The molecule has 0 atom stereocenters. The molecule has 10 heteroatoms. The second kappa shape index (κ2) is 20.2. The van der Waals surface area contributed by atoms with Crippen LogP contribution in [0.3, 0.4) is 0 Å². The van der Waals surface area contributed by atoms with Gasteiger partial charge in [-0.25, -0.2) is 19.9 Å². The first kappa shape index (κ1) is 47.5. The number of pyridine rings is 4. The van der Waals surface area contributed by atoms with Crippen LogP contribution in [0.15, 0.2) is 287 Å². The first-order chi connectivity index (χ1) is 39.7. The summed E-state index contributed by atoms with van der Waals surface area (Å²) >= 11 is 3.61. The number of para-hydroxylation sites is 8. The molecule has 4 aliphatic heterocycles. The zero-order valence-corrected chi connectivity index (χ0v) is 44.8. The number of hydrogen-bond acceptors (Lipinski definition) is 10. The highest BCUT2D eigenvalue weighted by Crippen LogP contribution is 2.53. The third-order valence-electron chi connectivity index (χ3n) is 15.1. The van der Waals surface area contributed by atoms with Crippen molar-refractivity contribution < 1.29 is 0 Å². The highest BCUT2D eigenvalue weighted by molar-refractivity contribution is 8.00. The van der Waals surface area contributed by atoms with Gasteiger partial charge in [-0.15, -0.1) is 0 Å². The molecule has 380 valence electrons. The molecule has 0 unspecified atom stereocenters. The Balaban J connectivity index is 0.000000138. The minimum atomic E-state index is 0.896. The number of hydrogen-bond donors (Lipinski definition) is 0. The van der Waals surface area contributed by atoms with Crippen molar-refractivity contribution in [2.24, 2.45) is 0 Å². The van der Waals surface area contributed by atoms with Gasteiger partial charge in [-0.2, -0.15) is 0 Å². The van der Waals surface area contributed by atoms with Crippen LogP contribution in [0, 0.1) is 0 Å². The Hall–Kier alpha value is -9.74. The number of aromatic nitrogens is 4. The van der Waals surface area contributed by atoms with Crippen molar-refractivity contribution in [1.29, 1.82) is 0 Å². The summed E-state index contributed by atoms with van der Waals surface area (Å²) in [5.41, 5.74) is 18.8. The fourth-order valence-electron chi connectivity index (χ4n) is 11.3. The van der Waals surface area contributed by atoms with Gasteiger partial charge in [0.1, 0.15) is 23.3 Å². The summed E-state index contributed by atoms with van der Waals surface area (Å²) in [4.78, 5) is 33.7. The van der Waals surface area contributed by atoms with E-state index in [4.69, 9.17) is 19.9 Å². The number of rotatable bonds is 6. The Morgan fingerprint density at radius 1 is 0.225 bits per heavy atom. The molecular weight excluding hydrogens is 1020 g/mol. The van der Waals surface area contributed by atoms with Gasteiger partial charge in [0.15, 0.2) is 0 Å². The van der Waals surface area contributed by atoms with E-state index in [1.807, 2.05) is 24.8 Å². The Morgan fingerprint density at radius 2 is 0.438 bits per heavy atom. The van der Waals surface area contributed by atoms with Crippen LogP contribution in [0.4, 0.5) is 68.8 Å². The summed E-state index contributed by atoms with van der Waals surface area (Å²) in [6.45, 7) is 0. The molecule has 0 amide bonds. The minimum Gasteiger partial charge on any atom is -0.294 e. The van der Waals surface area contributed by atoms with E-state index in [2.05, 4.69) is 262 Å². The maximum atomic E-state index is 4.94. The Bertz CT molecular complexity index is 3550. The van der Waals surface area contributed by atoms with Gasteiger partial charge < -0.3 is 0 Å². The van der Waals surface area contributed by atoms with Gasteiger partial charge in [0, 0.05) is 79.5 Å². The second-order valence-corrected chi connectivity index (χ2v) is 22.1. The molecule has 0 aliphatic carbocycles. The summed E-state index contributed by atoms with van der Waals surface area (Å²) in [7, 11) is 0. The predicted molar refractivity (Wildman–Crippen MR) is 328 cm³/mol. The standard InChI is InChI=1S/C36H26N4.C34H22N4S2/c1-5-13-31-25(9-1)21-26-10-2-6-14-32(26)39(31)35-19-17-29(23-37-35)30-18-20-36(38-24-30)40-33-15-7-3-11-27(33)22-28-12-4-8-16-34(28)40;1-5-13-29-25(9-1)37(26-10-2-6-14-30(26)39-29)33-19-17-23(21-35-33)24-18-20-34(36-22-24)38-27-11-3-7-15-31(27)40-32-16-8-4-12-28(32)38/h1-20,23-24H,21-22H2;1-22H. The van der Waals surface area contributed by atoms with Crippen LogP contribution in [0.1, 0.15) is 22.3 Å². The highest BCUT2D eigenvalue weighted by atomic mass is 32.2. The molecule has 8 heterocycles. The Morgan fingerprint density at radius 3 is 0.675 bits per heavy atom. The van der Waals surface area contributed by atoms with Gasteiger partial charge >= 0.3 is 0 Å². The molecule has 0 saturated carbocycles. The lowest BCUT2D eigenvalue weighted by atomic mass is 9.95. The summed E-state index contributed by atoms with van der Waals surface area (Å²) in [5, 5.41) is 0. The van der Waals surface area contributed by atoms with Crippen LogP contribution < -0.4 is 19.6 Å². The summed E-state index contributed by atoms with van der Waals surface area (Å²) in [5.74, 6) is 3.61. The maximum absolute atomic E-state index is 4.94. The first-order valence-corrected chi connectivity index (χ1v) is 28.4. The lowest BCUT2D eigenvalue weighted by molar-refractivity contribution is 1.06. The van der Waals surface area contributed by atoms with E-state index < -0.39 is 0 Å².